The average Bonchev–Trinajstić information content (AvgIpc) is 2.77. The van der Waals surface area contributed by atoms with Crippen LogP contribution in [0.25, 0.3) is 0 Å². The number of carbonyl (C=O) groups is 1. The van der Waals surface area contributed by atoms with E-state index in [1.54, 1.807) is 7.11 Å². The minimum Gasteiger partial charge on any atom is -0.497 e. The van der Waals surface area contributed by atoms with Gasteiger partial charge in [-0.1, -0.05) is 60.6 Å². The van der Waals surface area contributed by atoms with Crippen LogP contribution in [-0.4, -0.2) is 43.3 Å². The Kier molecular flexibility index (Phi) is 8.36. The Balaban J connectivity index is 1.53. The molecule has 5 nitrogen and oxygen atoms in total. The lowest BCUT2D eigenvalue weighted by atomic mass is 10.1. The van der Waals surface area contributed by atoms with Gasteiger partial charge in [0, 0.05) is 12.3 Å². The lowest BCUT2D eigenvalue weighted by molar-refractivity contribution is -0.115. The van der Waals surface area contributed by atoms with Crippen LogP contribution in [0.1, 0.15) is 36.8 Å². The summed E-state index contributed by atoms with van der Waals surface area (Å²) in [5.74, 6) is 1.46. The summed E-state index contributed by atoms with van der Waals surface area (Å²) < 4.78 is 32.6. The van der Waals surface area contributed by atoms with Crippen LogP contribution in [0.15, 0.2) is 54.6 Å². The predicted octanol–water partition coefficient (Wildman–Crippen LogP) is 4.27. The van der Waals surface area contributed by atoms with Crippen molar-refractivity contribution in [2.24, 2.45) is 0 Å². The van der Waals surface area contributed by atoms with Gasteiger partial charge in [0.05, 0.1) is 18.9 Å². The molecule has 1 aliphatic rings. The zero-order chi connectivity index (χ0) is 21.4. The zero-order valence-corrected chi connectivity index (χ0v) is 19.0. The van der Waals surface area contributed by atoms with Crippen molar-refractivity contribution in [3.05, 3.63) is 65.7 Å². The fourth-order valence-electron chi connectivity index (χ4n) is 3.68. The van der Waals surface area contributed by atoms with Crippen molar-refractivity contribution in [2.75, 3.05) is 19.4 Å². The molecule has 3 rings (SSSR count). The summed E-state index contributed by atoms with van der Waals surface area (Å²) >= 11 is 1.27. The zero-order valence-electron chi connectivity index (χ0n) is 17.3. The van der Waals surface area contributed by atoms with E-state index in [9.17, 15) is 13.2 Å². The van der Waals surface area contributed by atoms with E-state index in [2.05, 4.69) is 0 Å². The molecule has 0 saturated carbocycles. The van der Waals surface area contributed by atoms with Crippen LogP contribution in [0.4, 0.5) is 0 Å². The molecular formula is C23H29NO4S2. The molecule has 7 heteroatoms. The van der Waals surface area contributed by atoms with Gasteiger partial charge < -0.3 is 4.74 Å². The molecule has 0 radical (unpaired) electrons. The first kappa shape index (κ1) is 22.8. The summed E-state index contributed by atoms with van der Waals surface area (Å²) in [5.41, 5.74) is 1.95. The highest BCUT2D eigenvalue weighted by Gasteiger charge is 2.36. The Hall–Kier alpha value is -1.83. The van der Waals surface area contributed by atoms with Crippen molar-refractivity contribution in [3.8, 4) is 5.75 Å². The largest absolute Gasteiger partial charge is 0.497 e. The van der Waals surface area contributed by atoms with Crippen LogP contribution in [0, 0.1) is 0 Å². The van der Waals surface area contributed by atoms with Gasteiger partial charge in [0.2, 0.25) is 15.1 Å². The van der Waals surface area contributed by atoms with Crippen molar-refractivity contribution in [2.45, 2.75) is 43.9 Å². The van der Waals surface area contributed by atoms with Crippen LogP contribution in [-0.2, 0) is 27.0 Å². The maximum absolute atomic E-state index is 13.0. The van der Waals surface area contributed by atoms with E-state index in [0.29, 0.717) is 18.7 Å². The fourth-order valence-corrected chi connectivity index (χ4v) is 6.45. The molecule has 0 N–H and O–H groups in total. The van der Waals surface area contributed by atoms with Gasteiger partial charge in [-0.15, -0.1) is 0 Å². The first-order chi connectivity index (χ1) is 14.5. The van der Waals surface area contributed by atoms with Gasteiger partial charge in [-0.05, 0) is 48.9 Å². The number of ether oxygens (including phenoxy) is 1. The first-order valence-corrected chi connectivity index (χ1v) is 12.9. The monoisotopic (exact) mass is 447 g/mol. The van der Waals surface area contributed by atoms with E-state index in [1.807, 2.05) is 54.6 Å². The van der Waals surface area contributed by atoms with E-state index >= 15 is 0 Å². The molecule has 2 aromatic rings. The average molecular weight is 448 g/mol. The van der Waals surface area contributed by atoms with E-state index in [1.165, 1.54) is 21.6 Å². The van der Waals surface area contributed by atoms with Crippen molar-refractivity contribution in [3.63, 3.8) is 0 Å². The highest BCUT2D eigenvalue weighted by molar-refractivity contribution is 8.13. The summed E-state index contributed by atoms with van der Waals surface area (Å²) in [4.78, 5) is 12.8. The maximum atomic E-state index is 13.0. The van der Waals surface area contributed by atoms with Crippen LogP contribution in [0.3, 0.4) is 0 Å². The third kappa shape index (κ3) is 6.33. The van der Waals surface area contributed by atoms with Crippen molar-refractivity contribution in [1.82, 2.24) is 4.31 Å². The van der Waals surface area contributed by atoms with Crippen LogP contribution in [0.5, 0.6) is 5.75 Å². The summed E-state index contributed by atoms with van der Waals surface area (Å²) in [6, 6.07) is 16.6. The molecule has 30 heavy (non-hydrogen) atoms. The van der Waals surface area contributed by atoms with Crippen LogP contribution < -0.4 is 4.74 Å². The van der Waals surface area contributed by atoms with Crippen molar-refractivity contribution < 1.29 is 17.9 Å². The summed E-state index contributed by atoms with van der Waals surface area (Å²) in [6.07, 6.45) is 4.05. The molecule has 0 aromatic heterocycles. The molecule has 1 unspecified atom stereocenters. The molecule has 162 valence electrons. The number of sulfonamides is 1. The first-order valence-electron chi connectivity index (χ1n) is 10.3. The van der Waals surface area contributed by atoms with Crippen LogP contribution in [0.2, 0.25) is 0 Å². The van der Waals surface area contributed by atoms with Gasteiger partial charge in [-0.3, -0.25) is 4.79 Å². The Bertz CT molecular complexity index is 914. The lowest BCUT2D eigenvalue weighted by Crippen LogP contribution is -2.47. The third-order valence-corrected chi connectivity index (χ3v) is 8.19. The van der Waals surface area contributed by atoms with Crippen molar-refractivity contribution >= 4 is 26.9 Å². The topological polar surface area (TPSA) is 63.7 Å². The quantitative estimate of drug-likeness (QED) is 0.537. The number of hydrogen-bond donors (Lipinski definition) is 0. The molecule has 0 amide bonds. The maximum Gasteiger partial charge on any atom is 0.218 e. The normalized spacial score (nSPS) is 17.6. The number of nitrogens with zero attached hydrogens (tertiary/aromatic N) is 1. The molecule has 1 saturated heterocycles. The summed E-state index contributed by atoms with van der Waals surface area (Å²) in [7, 11) is -1.88. The lowest BCUT2D eigenvalue weighted by Gasteiger charge is -2.33. The second-order valence-corrected chi connectivity index (χ2v) is 10.5. The Labute approximate surface area is 183 Å². The number of carbonyl (C=O) groups excluding carboxylic acids is 1. The van der Waals surface area contributed by atoms with Gasteiger partial charge in [0.25, 0.3) is 0 Å². The minimum atomic E-state index is -3.52. The number of hydrogen-bond acceptors (Lipinski definition) is 5. The van der Waals surface area contributed by atoms with Gasteiger partial charge in [0.1, 0.15) is 5.75 Å². The molecule has 1 heterocycles. The fraction of sp³-hybridized carbons (Fsp3) is 0.435. The molecule has 1 atom stereocenters. The number of aryl methyl sites for hydroxylation is 1. The SMILES string of the molecule is COc1ccc(CCCSC(=O)C2CCCCN2S(=O)(=O)Cc2ccccc2)cc1. The number of methoxy groups -OCH3 is 1. The third-order valence-electron chi connectivity index (χ3n) is 5.29. The molecule has 0 spiro atoms. The Morgan fingerprint density at radius 3 is 2.50 bits per heavy atom. The molecule has 0 aliphatic carbocycles. The molecule has 0 bridgehead atoms. The predicted molar refractivity (Wildman–Crippen MR) is 122 cm³/mol. The van der Waals surface area contributed by atoms with Gasteiger partial charge in [0.15, 0.2) is 0 Å². The number of piperidine rings is 1. The Morgan fingerprint density at radius 2 is 1.80 bits per heavy atom. The highest BCUT2D eigenvalue weighted by atomic mass is 32.2. The standard InChI is InChI=1S/C23H29NO4S2/c1-28-21-14-12-19(13-15-21)10-7-17-29-23(25)22-11-5-6-16-24(22)30(26,27)18-20-8-3-2-4-9-20/h2-4,8-9,12-15,22H,5-7,10-11,16-18H2,1H3. The van der Waals surface area contributed by atoms with Gasteiger partial charge in [-0.25, -0.2) is 8.42 Å². The molecule has 1 aliphatic heterocycles. The molecule has 1 fully saturated rings. The summed E-state index contributed by atoms with van der Waals surface area (Å²) in [5, 5.41) is -0.0268. The molecule has 2 aromatic carbocycles. The smallest absolute Gasteiger partial charge is 0.218 e. The van der Waals surface area contributed by atoms with Gasteiger partial charge >= 0.3 is 0 Å². The summed E-state index contributed by atoms with van der Waals surface area (Å²) in [6.45, 7) is 0.429. The highest BCUT2D eigenvalue weighted by Crippen LogP contribution is 2.27. The number of rotatable bonds is 9. The van der Waals surface area contributed by atoms with Gasteiger partial charge in [-0.2, -0.15) is 4.31 Å². The van der Waals surface area contributed by atoms with E-state index in [-0.39, 0.29) is 10.9 Å². The second kappa shape index (κ2) is 11.0. The van der Waals surface area contributed by atoms with E-state index < -0.39 is 16.1 Å². The number of benzene rings is 2. The minimum absolute atomic E-state index is 0.0268. The second-order valence-electron chi connectivity index (χ2n) is 7.48. The van der Waals surface area contributed by atoms with E-state index in [0.717, 1.165) is 37.0 Å². The van der Waals surface area contributed by atoms with Crippen LogP contribution >= 0.6 is 11.8 Å². The Morgan fingerprint density at radius 1 is 1.07 bits per heavy atom. The van der Waals surface area contributed by atoms with E-state index in [4.69, 9.17) is 4.74 Å². The van der Waals surface area contributed by atoms with Crippen molar-refractivity contribution in [1.29, 1.82) is 0 Å². The number of thioether (sulfide) groups is 1. The molecular weight excluding hydrogens is 418 g/mol.